The summed E-state index contributed by atoms with van der Waals surface area (Å²) in [6.45, 7) is 8.20. The normalized spacial score (nSPS) is 18.8. The van der Waals surface area contributed by atoms with Gasteiger partial charge in [0.25, 0.3) is 0 Å². The Balaban J connectivity index is 1.83. The van der Waals surface area contributed by atoms with Gasteiger partial charge in [-0.25, -0.2) is 4.98 Å². The second kappa shape index (κ2) is 7.44. The Morgan fingerprint density at radius 2 is 1.77 bits per heavy atom. The lowest BCUT2D eigenvalue weighted by atomic mass is 9.79. The van der Waals surface area contributed by atoms with Crippen LogP contribution in [0.25, 0.3) is 17.2 Å². The third kappa shape index (κ3) is 4.63. The molecule has 0 radical (unpaired) electrons. The van der Waals surface area contributed by atoms with Crippen molar-refractivity contribution in [2.45, 2.75) is 63.8 Å². The first kappa shape index (κ1) is 21.5. The number of aromatic nitrogens is 4. The van der Waals surface area contributed by atoms with E-state index in [1.807, 2.05) is 40.0 Å². The van der Waals surface area contributed by atoms with E-state index in [1.54, 1.807) is 22.9 Å². The van der Waals surface area contributed by atoms with Gasteiger partial charge in [-0.3, -0.25) is 14.5 Å². The Morgan fingerprint density at radius 1 is 1.06 bits per heavy atom. The molecule has 1 aliphatic rings. The van der Waals surface area contributed by atoms with E-state index in [9.17, 15) is 13.2 Å². The van der Waals surface area contributed by atoms with E-state index in [1.165, 1.54) is 6.20 Å². The van der Waals surface area contributed by atoms with Crippen molar-refractivity contribution in [3.8, 4) is 17.2 Å². The van der Waals surface area contributed by atoms with Crippen molar-refractivity contribution >= 4 is 0 Å². The highest BCUT2D eigenvalue weighted by Crippen LogP contribution is 2.43. The molecule has 0 atom stereocenters. The second-order valence-corrected chi connectivity index (χ2v) is 9.23. The maximum absolute atomic E-state index is 13.3. The van der Waals surface area contributed by atoms with Crippen molar-refractivity contribution in [2.75, 3.05) is 0 Å². The lowest BCUT2D eigenvalue weighted by Gasteiger charge is -2.45. The minimum absolute atomic E-state index is 0.0984. The fourth-order valence-electron chi connectivity index (χ4n) is 4.48. The van der Waals surface area contributed by atoms with Crippen molar-refractivity contribution in [1.82, 2.24) is 19.5 Å². The van der Waals surface area contributed by atoms with Gasteiger partial charge in [0.1, 0.15) is 5.69 Å². The van der Waals surface area contributed by atoms with Crippen molar-refractivity contribution in [2.24, 2.45) is 0 Å². The first-order chi connectivity index (χ1) is 14.4. The number of imidazole rings is 1. The molecule has 3 aromatic rings. The number of rotatable bonds is 3. The zero-order valence-electron chi connectivity index (χ0n) is 17.9. The van der Waals surface area contributed by atoms with Gasteiger partial charge in [0.15, 0.2) is 5.82 Å². The minimum Gasteiger partial charge on any atom is -0.370 e. The number of hydrogen-bond donors (Lipinski definition) is 0. The van der Waals surface area contributed by atoms with Crippen LogP contribution in [0.1, 0.15) is 57.7 Å². The van der Waals surface area contributed by atoms with Crippen molar-refractivity contribution < 1.29 is 17.9 Å². The molecule has 1 saturated heterocycles. The van der Waals surface area contributed by atoms with Gasteiger partial charge in [0, 0.05) is 24.5 Å². The van der Waals surface area contributed by atoms with E-state index in [0.717, 1.165) is 30.8 Å². The predicted molar refractivity (Wildman–Crippen MR) is 111 cm³/mol. The molecule has 4 rings (SSSR count). The summed E-state index contributed by atoms with van der Waals surface area (Å²) in [6.07, 6.45) is 2.72. The standard InChI is InChI=1S/C23H25F3N4O/c1-21(2)10-15(11-22(3,4)31-21)19-14-30(20(29-19)18-7-5-6-8-28-18)17-9-16(12-27-13-17)23(24,25)26/h5-9,12-15H,10-11H2,1-4H3. The Hall–Kier alpha value is -2.74. The summed E-state index contributed by atoms with van der Waals surface area (Å²) < 4.78 is 47.7. The third-order valence-corrected chi connectivity index (χ3v) is 5.39. The van der Waals surface area contributed by atoms with Crippen LogP contribution in [-0.4, -0.2) is 30.7 Å². The van der Waals surface area contributed by atoms with Gasteiger partial charge in [-0.05, 0) is 58.7 Å². The molecule has 3 aromatic heterocycles. The van der Waals surface area contributed by atoms with Gasteiger partial charge in [0.2, 0.25) is 0 Å². The van der Waals surface area contributed by atoms with E-state index in [4.69, 9.17) is 9.72 Å². The molecule has 8 heteroatoms. The summed E-state index contributed by atoms with van der Waals surface area (Å²) in [4.78, 5) is 13.0. The average Bonchev–Trinajstić information content (AvgIpc) is 3.11. The van der Waals surface area contributed by atoms with Gasteiger partial charge < -0.3 is 4.74 Å². The molecule has 0 aromatic carbocycles. The molecule has 0 bridgehead atoms. The van der Waals surface area contributed by atoms with E-state index in [-0.39, 0.29) is 17.1 Å². The molecular weight excluding hydrogens is 405 g/mol. The van der Waals surface area contributed by atoms with Crippen molar-refractivity contribution in [3.05, 3.63) is 60.3 Å². The van der Waals surface area contributed by atoms with Crippen LogP contribution in [-0.2, 0) is 10.9 Å². The van der Waals surface area contributed by atoms with E-state index in [0.29, 0.717) is 17.2 Å². The third-order valence-electron chi connectivity index (χ3n) is 5.39. The Bertz CT molecular complexity index is 1060. The van der Waals surface area contributed by atoms with E-state index >= 15 is 0 Å². The highest BCUT2D eigenvalue weighted by Gasteiger charge is 2.41. The first-order valence-corrected chi connectivity index (χ1v) is 10.2. The number of halogens is 3. The number of alkyl halides is 3. The molecule has 0 unspecified atom stereocenters. The average molecular weight is 430 g/mol. The van der Waals surface area contributed by atoms with Gasteiger partial charge >= 0.3 is 6.18 Å². The molecule has 5 nitrogen and oxygen atoms in total. The molecule has 0 spiro atoms. The molecule has 0 N–H and O–H groups in total. The second-order valence-electron chi connectivity index (χ2n) is 9.23. The van der Waals surface area contributed by atoms with Crippen LogP contribution in [0.4, 0.5) is 13.2 Å². The quantitative estimate of drug-likeness (QED) is 0.527. The summed E-state index contributed by atoms with van der Waals surface area (Å²) in [5.74, 6) is 0.583. The molecule has 1 aliphatic heterocycles. The van der Waals surface area contributed by atoms with Crippen LogP contribution in [0.5, 0.6) is 0 Å². The van der Waals surface area contributed by atoms with Crippen LogP contribution < -0.4 is 0 Å². The summed E-state index contributed by atoms with van der Waals surface area (Å²) in [5, 5.41) is 0. The monoisotopic (exact) mass is 430 g/mol. The highest BCUT2D eigenvalue weighted by atomic mass is 19.4. The van der Waals surface area contributed by atoms with Gasteiger partial charge in [0.05, 0.1) is 34.3 Å². The molecule has 164 valence electrons. The first-order valence-electron chi connectivity index (χ1n) is 10.2. The van der Waals surface area contributed by atoms with Crippen LogP contribution in [0.3, 0.4) is 0 Å². The number of hydrogen-bond acceptors (Lipinski definition) is 4. The van der Waals surface area contributed by atoms with Crippen LogP contribution >= 0.6 is 0 Å². The van der Waals surface area contributed by atoms with Crippen molar-refractivity contribution in [1.29, 1.82) is 0 Å². The van der Waals surface area contributed by atoms with Gasteiger partial charge in [-0.2, -0.15) is 13.2 Å². The Labute approximate surface area is 179 Å². The zero-order chi connectivity index (χ0) is 22.4. The smallest absolute Gasteiger partial charge is 0.370 e. The van der Waals surface area contributed by atoms with Crippen molar-refractivity contribution in [3.63, 3.8) is 0 Å². The van der Waals surface area contributed by atoms with Gasteiger partial charge in [-0.1, -0.05) is 6.07 Å². The predicted octanol–water partition coefficient (Wildman–Crippen LogP) is 5.80. The SMILES string of the molecule is CC1(C)CC(c2cn(-c3cncc(C(F)(F)F)c3)c(-c3ccccn3)n2)CC(C)(C)O1. The van der Waals surface area contributed by atoms with E-state index in [2.05, 4.69) is 9.97 Å². The van der Waals surface area contributed by atoms with Gasteiger partial charge in [-0.15, -0.1) is 0 Å². The summed E-state index contributed by atoms with van der Waals surface area (Å²) in [5.41, 5.74) is 0.206. The molecule has 4 heterocycles. The summed E-state index contributed by atoms with van der Waals surface area (Å²) in [6, 6.07) is 6.49. The Kier molecular flexibility index (Phi) is 5.16. The molecular formula is C23H25F3N4O. The van der Waals surface area contributed by atoms with Crippen LogP contribution in [0.2, 0.25) is 0 Å². The topological polar surface area (TPSA) is 52.8 Å². The molecule has 0 amide bonds. The maximum Gasteiger partial charge on any atom is 0.417 e. The number of nitrogens with zero attached hydrogens (tertiary/aromatic N) is 4. The van der Waals surface area contributed by atoms with E-state index < -0.39 is 11.7 Å². The fraction of sp³-hybridized carbons (Fsp3) is 0.435. The lowest BCUT2D eigenvalue weighted by molar-refractivity contribution is -0.162. The molecule has 1 fully saturated rings. The summed E-state index contributed by atoms with van der Waals surface area (Å²) >= 11 is 0. The minimum atomic E-state index is -4.48. The molecule has 0 aliphatic carbocycles. The molecule has 31 heavy (non-hydrogen) atoms. The van der Waals surface area contributed by atoms with Crippen LogP contribution in [0, 0.1) is 0 Å². The lowest BCUT2D eigenvalue weighted by Crippen LogP contribution is -2.44. The number of pyridine rings is 2. The highest BCUT2D eigenvalue weighted by molar-refractivity contribution is 5.55. The summed E-state index contributed by atoms with van der Waals surface area (Å²) in [7, 11) is 0. The fourth-order valence-corrected chi connectivity index (χ4v) is 4.48. The molecule has 0 saturated carbocycles. The Morgan fingerprint density at radius 3 is 2.39 bits per heavy atom. The van der Waals surface area contributed by atoms with Crippen LogP contribution in [0.15, 0.2) is 49.1 Å². The largest absolute Gasteiger partial charge is 0.417 e. The maximum atomic E-state index is 13.3. The number of ether oxygens (including phenoxy) is 1. The zero-order valence-corrected chi connectivity index (χ0v) is 17.9.